The topological polar surface area (TPSA) is 85.5 Å². The van der Waals surface area contributed by atoms with Crippen LogP contribution >= 0.6 is 0 Å². The number of hydrogen-bond donors (Lipinski definition) is 4. The number of carbonyl (C=O) groups excluding carboxylic acids is 2. The number of rotatable bonds is 5. The zero-order valence-corrected chi connectivity index (χ0v) is 16.1. The van der Waals surface area contributed by atoms with Crippen molar-refractivity contribution in [2.24, 2.45) is 0 Å². The molecule has 0 radical (unpaired) electrons. The van der Waals surface area contributed by atoms with Gasteiger partial charge in [-0.1, -0.05) is 18.2 Å². The van der Waals surface area contributed by atoms with Crippen LogP contribution in [0.1, 0.15) is 11.6 Å². The predicted molar refractivity (Wildman–Crippen MR) is 98.6 cm³/mol. The highest BCUT2D eigenvalue weighted by Gasteiger charge is 2.36. The fraction of sp³-hybridized carbons (Fsp3) is 0.474. The lowest BCUT2D eigenvalue weighted by Gasteiger charge is -2.32. The Morgan fingerprint density at radius 1 is 1.19 bits per heavy atom. The van der Waals surface area contributed by atoms with Gasteiger partial charge in [0.2, 0.25) is 0 Å². The smallest absolute Gasteiger partial charge is 0.338 e. The second-order valence-electron chi connectivity index (χ2n) is 7.04. The number of piperazine rings is 1. The van der Waals surface area contributed by atoms with E-state index in [1.54, 1.807) is 7.11 Å². The molecule has 3 rings (SSSR count). The number of carbonyl (C=O) groups is 2. The van der Waals surface area contributed by atoms with Crippen LogP contribution in [0, 0.1) is 0 Å². The summed E-state index contributed by atoms with van der Waals surface area (Å²) in [6.45, 7) is 4.70. The minimum atomic E-state index is -0.616. The van der Waals surface area contributed by atoms with Crippen molar-refractivity contribution in [1.29, 1.82) is 0 Å². The highest BCUT2D eigenvalue weighted by atomic mass is 16.5. The Morgan fingerprint density at radius 3 is 2.56 bits per heavy atom. The lowest BCUT2D eigenvalue weighted by atomic mass is 9.94. The van der Waals surface area contributed by atoms with Gasteiger partial charge in [-0.2, -0.15) is 0 Å². The van der Waals surface area contributed by atoms with Gasteiger partial charge in [0.25, 0.3) is 0 Å². The lowest BCUT2D eigenvalue weighted by Crippen LogP contribution is -3.27. The normalized spacial score (nSPS) is 25.4. The van der Waals surface area contributed by atoms with Gasteiger partial charge in [-0.05, 0) is 6.07 Å². The molecule has 8 nitrogen and oxygen atoms in total. The first-order chi connectivity index (χ1) is 13.0. The number of para-hydroxylation sites is 1. The highest BCUT2D eigenvalue weighted by Crippen LogP contribution is 2.33. The molecule has 0 unspecified atom stereocenters. The van der Waals surface area contributed by atoms with Gasteiger partial charge in [0.1, 0.15) is 38.5 Å². The van der Waals surface area contributed by atoms with Crippen molar-refractivity contribution in [3.8, 4) is 5.75 Å². The first-order valence-corrected chi connectivity index (χ1v) is 9.20. The van der Waals surface area contributed by atoms with Crippen LogP contribution in [0.4, 0.5) is 4.79 Å². The summed E-state index contributed by atoms with van der Waals surface area (Å²) >= 11 is 0. The molecule has 4 N–H and O–H groups in total. The van der Waals surface area contributed by atoms with Crippen molar-refractivity contribution in [3.05, 3.63) is 41.1 Å². The van der Waals surface area contributed by atoms with E-state index >= 15 is 0 Å². The molecule has 8 heteroatoms. The summed E-state index contributed by atoms with van der Waals surface area (Å²) in [5, 5.41) is 5.68. The Hall–Kier alpha value is -2.58. The van der Waals surface area contributed by atoms with Crippen LogP contribution in [0.3, 0.4) is 0 Å². The number of urea groups is 1. The molecule has 1 atom stereocenters. The summed E-state index contributed by atoms with van der Waals surface area (Å²) < 4.78 is 10.5. The SMILES string of the molecule is COC(=O)C1=C(C[NH+]2CC[NH+](C)CC2)NC(=O)N[C@H]1c1ccccc1OC. The maximum absolute atomic E-state index is 12.6. The summed E-state index contributed by atoms with van der Waals surface area (Å²) in [4.78, 5) is 27.8. The van der Waals surface area contributed by atoms with Crippen molar-refractivity contribution >= 4 is 12.0 Å². The summed E-state index contributed by atoms with van der Waals surface area (Å²) in [6.07, 6.45) is 0. The quantitative estimate of drug-likeness (QED) is 0.443. The van der Waals surface area contributed by atoms with E-state index in [4.69, 9.17) is 9.47 Å². The van der Waals surface area contributed by atoms with Gasteiger partial charge in [-0.25, -0.2) is 9.59 Å². The number of quaternary nitrogens is 2. The number of hydrogen-bond acceptors (Lipinski definition) is 4. The molecule has 2 heterocycles. The largest absolute Gasteiger partial charge is 0.496 e. The van der Waals surface area contributed by atoms with Crippen LogP contribution in [0.15, 0.2) is 35.5 Å². The van der Waals surface area contributed by atoms with E-state index in [2.05, 4.69) is 17.7 Å². The fourth-order valence-electron chi connectivity index (χ4n) is 3.70. The van der Waals surface area contributed by atoms with Gasteiger partial charge >= 0.3 is 12.0 Å². The number of ether oxygens (including phenoxy) is 2. The Morgan fingerprint density at radius 2 is 1.89 bits per heavy atom. The number of likely N-dealkylation sites (N-methyl/N-ethyl adjacent to an activating group) is 1. The second kappa shape index (κ2) is 8.41. The maximum Gasteiger partial charge on any atom is 0.338 e. The first-order valence-electron chi connectivity index (χ1n) is 9.20. The zero-order valence-electron chi connectivity index (χ0n) is 16.1. The monoisotopic (exact) mass is 376 g/mol. The van der Waals surface area contributed by atoms with E-state index in [1.807, 2.05) is 24.3 Å². The molecule has 2 amide bonds. The van der Waals surface area contributed by atoms with Gasteiger partial charge in [-0.15, -0.1) is 0 Å². The van der Waals surface area contributed by atoms with Crippen LogP contribution in [0.2, 0.25) is 0 Å². The van der Waals surface area contributed by atoms with Gasteiger partial charge in [-0.3, -0.25) is 0 Å². The van der Waals surface area contributed by atoms with E-state index in [-0.39, 0.29) is 6.03 Å². The highest BCUT2D eigenvalue weighted by molar-refractivity contribution is 5.95. The Balaban J connectivity index is 1.98. The van der Waals surface area contributed by atoms with Gasteiger partial charge in [0.15, 0.2) is 0 Å². The third-order valence-electron chi connectivity index (χ3n) is 5.25. The Kier molecular flexibility index (Phi) is 5.98. The van der Waals surface area contributed by atoms with E-state index in [9.17, 15) is 9.59 Å². The maximum atomic E-state index is 12.6. The molecule has 0 spiro atoms. The molecule has 1 fully saturated rings. The summed E-state index contributed by atoms with van der Waals surface area (Å²) in [5.74, 6) is 0.161. The van der Waals surface area contributed by atoms with Crippen molar-refractivity contribution in [2.75, 3.05) is 54.0 Å². The number of nitrogens with one attached hydrogen (secondary N) is 4. The van der Waals surface area contributed by atoms with Crippen LogP contribution in [0.25, 0.3) is 0 Å². The Labute approximate surface area is 159 Å². The standard InChI is InChI=1S/C19H26N4O4/c1-22-8-10-23(11-9-22)12-14-16(18(24)27-3)17(21-19(25)20-14)13-6-4-5-7-15(13)26-2/h4-7,17H,8-12H2,1-3H3,(H2,20,21,25)/p+2/t17-/m0/s1. The molecule has 27 heavy (non-hydrogen) atoms. The van der Waals surface area contributed by atoms with E-state index in [0.717, 1.165) is 31.7 Å². The van der Waals surface area contributed by atoms with Crippen LogP contribution in [0.5, 0.6) is 5.75 Å². The minimum Gasteiger partial charge on any atom is -0.496 e. The summed E-state index contributed by atoms with van der Waals surface area (Å²) in [5.41, 5.74) is 1.78. The van der Waals surface area contributed by atoms with Gasteiger partial charge < -0.3 is 29.9 Å². The average Bonchev–Trinajstić information content (AvgIpc) is 2.68. The Bertz CT molecular complexity index is 741. The number of esters is 1. The lowest BCUT2D eigenvalue weighted by molar-refractivity contribution is -1.00. The van der Waals surface area contributed by atoms with Gasteiger partial charge in [0.05, 0.1) is 38.6 Å². The summed E-state index contributed by atoms with van der Waals surface area (Å²) in [6, 6.07) is 6.43. The summed E-state index contributed by atoms with van der Waals surface area (Å²) in [7, 11) is 5.11. The van der Waals surface area contributed by atoms with Crippen molar-refractivity contribution in [2.45, 2.75) is 6.04 Å². The fourth-order valence-corrected chi connectivity index (χ4v) is 3.70. The predicted octanol–water partition coefficient (Wildman–Crippen LogP) is -2.11. The number of amides is 2. The molecule has 2 aliphatic rings. The second-order valence-corrected chi connectivity index (χ2v) is 7.04. The van der Waals surface area contributed by atoms with Crippen molar-refractivity contribution < 1.29 is 28.9 Å². The number of benzene rings is 1. The van der Waals surface area contributed by atoms with E-state index in [0.29, 0.717) is 23.6 Å². The molecule has 1 saturated heterocycles. The number of methoxy groups -OCH3 is 2. The molecule has 146 valence electrons. The van der Waals surface area contributed by atoms with E-state index in [1.165, 1.54) is 16.9 Å². The third-order valence-corrected chi connectivity index (χ3v) is 5.25. The van der Waals surface area contributed by atoms with Crippen LogP contribution < -0.4 is 25.2 Å². The molecule has 0 bridgehead atoms. The first kappa shape index (κ1) is 19.2. The van der Waals surface area contributed by atoms with Gasteiger partial charge in [0, 0.05) is 5.56 Å². The molecule has 1 aromatic rings. The molecule has 1 aromatic carbocycles. The van der Waals surface area contributed by atoms with Crippen molar-refractivity contribution in [3.63, 3.8) is 0 Å². The molecule has 0 saturated carbocycles. The van der Waals surface area contributed by atoms with E-state index < -0.39 is 12.0 Å². The average molecular weight is 376 g/mol. The molecular weight excluding hydrogens is 348 g/mol. The van der Waals surface area contributed by atoms with Crippen LogP contribution in [-0.2, 0) is 9.53 Å². The zero-order chi connectivity index (χ0) is 19.4. The minimum absolute atomic E-state index is 0.326. The van der Waals surface area contributed by atoms with Crippen LogP contribution in [-0.4, -0.2) is 66.0 Å². The van der Waals surface area contributed by atoms with Crippen molar-refractivity contribution in [1.82, 2.24) is 10.6 Å². The molecule has 2 aliphatic heterocycles. The molecular formula is C19H28N4O4+2. The third kappa shape index (κ3) is 4.23. The molecule has 0 aliphatic carbocycles. The molecule has 0 aromatic heterocycles.